The average molecular weight is 609 g/mol. The summed E-state index contributed by atoms with van der Waals surface area (Å²) < 4.78 is 27.6. The molecule has 5 rings (SSSR count). The molecule has 13 heteroatoms. The summed E-state index contributed by atoms with van der Waals surface area (Å²) in [6, 6.07) is 14.3. The fraction of sp³-hybridized carbons (Fsp3) is 0.226. The van der Waals surface area contributed by atoms with E-state index in [0.717, 1.165) is 12.1 Å². The number of hydrogen-bond acceptors (Lipinski definition) is 13. The lowest BCUT2D eigenvalue weighted by Crippen LogP contribution is -2.60. The number of carbonyl (C=O) groups is 1. The summed E-state index contributed by atoms with van der Waals surface area (Å²) in [5.41, 5.74) is 0.341. The third kappa shape index (κ3) is 6.31. The van der Waals surface area contributed by atoms with Crippen molar-refractivity contribution in [3.63, 3.8) is 0 Å². The van der Waals surface area contributed by atoms with Gasteiger partial charge in [0.2, 0.25) is 12.0 Å². The molecule has 1 saturated heterocycles. The monoisotopic (exact) mass is 608 g/mol. The summed E-state index contributed by atoms with van der Waals surface area (Å²) in [5.74, 6) is -1.79. The molecule has 2 heterocycles. The minimum Gasteiger partial charge on any atom is -0.508 e. The normalized spacial score (nSPS) is 21.8. The molecule has 6 N–H and O–H groups in total. The van der Waals surface area contributed by atoms with Crippen LogP contribution in [0.15, 0.2) is 76.0 Å². The van der Waals surface area contributed by atoms with E-state index in [0.29, 0.717) is 11.1 Å². The molecule has 5 atom stereocenters. The van der Waals surface area contributed by atoms with Crippen LogP contribution in [0, 0.1) is 0 Å². The summed E-state index contributed by atoms with van der Waals surface area (Å²) in [4.78, 5) is 25.2. The van der Waals surface area contributed by atoms with Gasteiger partial charge < -0.3 is 54.0 Å². The lowest BCUT2D eigenvalue weighted by Gasteiger charge is -2.40. The molecule has 0 saturated carbocycles. The van der Waals surface area contributed by atoms with Crippen LogP contribution in [0.2, 0.25) is 0 Å². The SMILES string of the molecule is COc1c(OC2OC(COC(=O)C=Cc3ccc(O)cc3)C(O)C(O)C2O)cc2oc(-c3ccc(O)cc3)cc(=O)c2c1O. The van der Waals surface area contributed by atoms with Crippen molar-refractivity contribution in [1.82, 2.24) is 0 Å². The predicted molar refractivity (Wildman–Crippen MR) is 153 cm³/mol. The topological polar surface area (TPSA) is 206 Å². The van der Waals surface area contributed by atoms with Crippen molar-refractivity contribution < 1.29 is 58.8 Å². The second-order valence-electron chi connectivity index (χ2n) is 9.84. The average Bonchev–Trinajstić information content (AvgIpc) is 3.00. The first-order valence-corrected chi connectivity index (χ1v) is 13.2. The molecule has 5 unspecified atom stereocenters. The summed E-state index contributed by atoms with van der Waals surface area (Å²) in [5, 5.41) is 61.1. The van der Waals surface area contributed by atoms with Gasteiger partial charge in [-0.25, -0.2) is 4.79 Å². The molecule has 44 heavy (non-hydrogen) atoms. The Labute approximate surface area is 249 Å². The van der Waals surface area contributed by atoms with E-state index < -0.39 is 54.5 Å². The number of phenolic OH excluding ortho intramolecular Hbond substituents is 3. The number of rotatable bonds is 8. The van der Waals surface area contributed by atoms with Crippen molar-refractivity contribution in [3.05, 3.63) is 82.5 Å². The fourth-order valence-corrected chi connectivity index (χ4v) is 4.55. The maximum absolute atomic E-state index is 12.9. The molecule has 0 radical (unpaired) electrons. The van der Waals surface area contributed by atoms with E-state index in [9.17, 15) is 40.2 Å². The lowest BCUT2D eigenvalue weighted by atomic mass is 9.99. The molecule has 1 aliphatic rings. The zero-order valence-corrected chi connectivity index (χ0v) is 23.1. The van der Waals surface area contributed by atoms with Gasteiger partial charge in [0, 0.05) is 23.8 Å². The summed E-state index contributed by atoms with van der Waals surface area (Å²) in [6.07, 6.45) is -5.71. The number of carbonyl (C=O) groups excluding carboxylic acids is 1. The van der Waals surface area contributed by atoms with Gasteiger partial charge in [0.1, 0.15) is 59.3 Å². The van der Waals surface area contributed by atoms with Gasteiger partial charge in [0.15, 0.2) is 16.9 Å². The van der Waals surface area contributed by atoms with E-state index in [1.54, 1.807) is 12.1 Å². The number of benzene rings is 3. The number of aliphatic hydroxyl groups excluding tert-OH is 3. The van der Waals surface area contributed by atoms with E-state index in [1.165, 1.54) is 55.7 Å². The Balaban J connectivity index is 1.37. The highest BCUT2D eigenvalue weighted by Crippen LogP contribution is 2.43. The van der Waals surface area contributed by atoms with Crippen LogP contribution in [-0.2, 0) is 14.3 Å². The maximum Gasteiger partial charge on any atom is 0.330 e. The molecule has 0 aliphatic carbocycles. The van der Waals surface area contributed by atoms with Crippen LogP contribution >= 0.6 is 0 Å². The predicted octanol–water partition coefficient (Wildman–Crippen LogP) is 2.03. The zero-order chi connectivity index (χ0) is 31.5. The van der Waals surface area contributed by atoms with Gasteiger partial charge in [-0.1, -0.05) is 12.1 Å². The molecule has 1 fully saturated rings. The molecule has 0 bridgehead atoms. The largest absolute Gasteiger partial charge is 0.508 e. The van der Waals surface area contributed by atoms with Crippen molar-refractivity contribution in [2.75, 3.05) is 13.7 Å². The standard InChI is InChI=1S/C31H28O13/c1-40-30-22(13-21-25(27(30)37)19(34)12-20(42-21)16-5-9-18(33)10-6-16)43-31-29(39)28(38)26(36)23(44-31)14-41-24(35)11-4-15-2-7-17(32)8-3-15/h2-13,23,26,28-29,31-33,36-39H,14H2,1H3. The van der Waals surface area contributed by atoms with Gasteiger partial charge >= 0.3 is 5.97 Å². The summed E-state index contributed by atoms with van der Waals surface area (Å²) in [7, 11) is 1.20. The fourth-order valence-electron chi connectivity index (χ4n) is 4.55. The van der Waals surface area contributed by atoms with Gasteiger partial charge in [-0.2, -0.15) is 0 Å². The molecule has 0 spiro atoms. The Bertz CT molecular complexity index is 1730. The molecule has 230 valence electrons. The van der Waals surface area contributed by atoms with E-state index in [1.807, 2.05) is 0 Å². The number of hydrogen-bond donors (Lipinski definition) is 6. The number of phenols is 3. The Morgan fingerprint density at radius 1 is 0.909 bits per heavy atom. The lowest BCUT2D eigenvalue weighted by molar-refractivity contribution is -0.278. The van der Waals surface area contributed by atoms with Gasteiger partial charge in [-0.05, 0) is 48.0 Å². The first kappa shape index (κ1) is 30.4. The van der Waals surface area contributed by atoms with Gasteiger partial charge in [0.05, 0.1) is 7.11 Å². The van der Waals surface area contributed by atoms with Crippen LogP contribution in [0.5, 0.6) is 28.7 Å². The summed E-state index contributed by atoms with van der Waals surface area (Å²) in [6.45, 7) is -0.533. The Morgan fingerprint density at radius 3 is 2.23 bits per heavy atom. The number of fused-ring (bicyclic) bond motifs is 1. The van der Waals surface area contributed by atoms with Crippen LogP contribution in [0.25, 0.3) is 28.4 Å². The highest BCUT2D eigenvalue weighted by molar-refractivity contribution is 5.89. The first-order valence-electron chi connectivity index (χ1n) is 13.2. The highest BCUT2D eigenvalue weighted by Gasteiger charge is 2.46. The Hall–Kier alpha value is -5.08. The molecular formula is C31H28O13. The van der Waals surface area contributed by atoms with Crippen LogP contribution in [-0.4, -0.2) is 81.0 Å². The van der Waals surface area contributed by atoms with Crippen LogP contribution in [0.4, 0.5) is 0 Å². The molecule has 13 nitrogen and oxygen atoms in total. The van der Waals surface area contributed by atoms with Crippen molar-refractivity contribution in [2.45, 2.75) is 30.7 Å². The molecule has 1 aliphatic heterocycles. The Morgan fingerprint density at radius 2 is 1.57 bits per heavy atom. The number of ether oxygens (including phenoxy) is 4. The van der Waals surface area contributed by atoms with Crippen molar-refractivity contribution in [2.24, 2.45) is 0 Å². The molecule has 0 amide bonds. The van der Waals surface area contributed by atoms with Crippen molar-refractivity contribution in [3.8, 4) is 40.1 Å². The van der Waals surface area contributed by atoms with Gasteiger partial charge in [-0.15, -0.1) is 0 Å². The molecular weight excluding hydrogens is 580 g/mol. The van der Waals surface area contributed by atoms with Crippen LogP contribution < -0.4 is 14.9 Å². The maximum atomic E-state index is 12.9. The third-order valence-electron chi connectivity index (χ3n) is 6.88. The molecule has 3 aromatic carbocycles. The number of aromatic hydroxyl groups is 3. The second-order valence-corrected chi connectivity index (χ2v) is 9.84. The third-order valence-corrected chi connectivity index (χ3v) is 6.88. The van der Waals surface area contributed by atoms with E-state index in [4.69, 9.17) is 23.4 Å². The smallest absolute Gasteiger partial charge is 0.330 e. The van der Waals surface area contributed by atoms with Crippen molar-refractivity contribution >= 4 is 23.0 Å². The number of aliphatic hydroxyl groups is 3. The van der Waals surface area contributed by atoms with E-state index in [2.05, 4.69) is 0 Å². The second kappa shape index (κ2) is 12.7. The first-order chi connectivity index (χ1) is 21.0. The minimum atomic E-state index is -1.80. The van der Waals surface area contributed by atoms with Crippen molar-refractivity contribution in [1.29, 1.82) is 0 Å². The number of methoxy groups -OCH3 is 1. The summed E-state index contributed by atoms with van der Waals surface area (Å²) >= 11 is 0. The zero-order valence-electron chi connectivity index (χ0n) is 23.1. The number of esters is 1. The Kier molecular flexibility index (Phi) is 8.73. The van der Waals surface area contributed by atoms with Gasteiger partial charge in [0.25, 0.3) is 0 Å². The van der Waals surface area contributed by atoms with Crippen LogP contribution in [0.3, 0.4) is 0 Å². The van der Waals surface area contributed by atoms with Gasteiger partial charge in [-0.3, -0.25) is 4.79 Å². The van der Waals surface area contributed by atoms with E-state index >= 15 is 0 Å². The van der Waals surface area contributed by atoms with Crippen LogP contribution in [0.1, 0.15) is 5.56 Å². The quantitative estimate of drug-likeness (QED) is 0.125. The van der Waals surface area contributed by atoms with E-state index in [-0.39, 0.29) is 39.7 Å². The highest BCUT2D eigenvalue weighted by atomic mass is 16.7. The minimum absolute atomic E-state index is 0.00640. The molecule has 4 aromatic rings. The molecule has 1 aromatic heterocycles.